The van der Waals surface area contributed by atoms with Gasteiger partial charge in [-0.2, -0.15) is 0 Å². The topological polar surface area (TPSA) is 50.9 Å². The van der Waals surface area contributed by atoms with Crippen molar-refractivity contribution in [3.8, 4) is 0 Å². The van der Waals surface area contributed by atoms with Gasteiger partial charge in [0.2, 0.25) is 0 Å². The Labute approximate surface area is 82.1 Å². The molecule has 1 fully saturated rings. The molecule has 0 bridgehead atoms. The molecule has 0 aromatic carbocycles. The fraction of sp³-hybridized carbons (Fsp3) is 0.444. The molecule has 1 aliphatic heterocycles. The first-order chi connectivity index (χ1) is 6.34. The lowest BCUT2D eigenvalue weighted by atomic mass is 10.1. The number of anilines is 1. The van der Waals surface area contributed by atoms with E-state index in [1.807, 2.05) is 12.1 Å². The molecule has 1 aliphatic rings. The Kier molecular flexibility index (Phi) is 2.71. The van der Waals surface area contributed by atoms with E-state index in [2.05, 4.69) is 10.3 Å². The predicted molar refractivity (Wildman–Crippen MR) is 55.7 cm³/mol. The molecule has 0 atom stereocenters. The van der Waals surface area contributed by atoms with Crippen LogP contribution in [0.5, 0.6) is 0 Å². The van der Waals surface area contributed by atoms with Crippen molar-refractivity contribution in [2.45, 2.75) is 5.03 Å². The van der Waals surface area contributed by atoms with Crippen molar-refractivity contribution in [2.75, 3.05) is 24.6 Å². The third-order valence-corrected chi connectivity index (χ3v) is 3.27. The zero-order chi connectivity index (χ0) is 9.10. The summed E-state index contributed by atoms with van der Waals surface area (Å²) in [7, 11) is 0. The Morgan fingerprint density at radius 2 is 2.38 bits per heavy atom. The maximum Gasteiger partial charge on any atom is 0.0961 e. The average molecular weight is 195 g/mol. The molecule has 3 N–H and O–H groups in total. The molecule has 70 valence electrons. The molecule has 1 aromatic heterocycles. The second kappa shape index (κ2) is 3.98. The monoisotopic (exact) mass is 195 g/mol. The molecule has 2 rings (SSSR count). The number of nitrogens with zero attached hydrogens (tertiary/aromatic N) is 1. The van der Waals surface area contributed by atoms with Crippen LogP contribution in [0, 0.1) is 5.92 Å². The number of thioether (sulfide) groups is 1. The number of nitrogens with one attached hydrogen (secondary N) is 1. The highest BCUT2D eigenvalue weighted by Gasteiger charge is 2.16. The minimum Gasteiger partial charge on any atom is -0.397 e. The Morgan fingerprint density at radius 1 is 1.54 bits per heavy atom. The third-order valence-electron chi connectivity index (χ3n) is 2.09. The molecular weight excluding hydrogens is 182 g/mol. The van der Waals surface area contributed by atoms with Crippen molar-refractivity contribution in [1.29, 1.82) is 0 Å². The van der Waals surface area contributed by atoms with Crippen LogP contribution >= 0.6 is 11.8 Å². The summed E-state index contributed by atoms with van der Waals surface area (Å²) in [4.78, 5) is 4.23. The maximum atomic E-state index is 5.54. The van der Waals surface area contributed by atoms with Gasteiger partial charge in [0.15, 0.2) is 0 Å². The highest BCUT2D eigenvalue weighted by atomic mass is 32.2. The molecule has 1 aromatic rings. The van der Waals surface area contributed by atoms with E-state index >= 15 is 0 Å². The van der Waals surface area contributed by atoms with Gasteiger partial charge in [0.1, 0.15) is 0 Å². The zero-order valence-corrected chi connectivity index (χ0v) is 8.18. The minimum absolute atomic E-state index is 0.731. The van der Waals surface area contributed by atoms with Gasteiger partial charge in [-0.25, -0.2) is 4.98 Å². The molecular formula is C9H13N3S. The van der Waals surface area contributed by atoms with Crippen molar-refractivity contribution in [3.05, 3.63) is 18.3 Å². The summed E-state index contributed by atoms with van der Waals surface area (Å²) >= 11 is 1.81. The van der Waals surface area contributed by atoms with E-state index < -0.39 is 0 Å². The Bertz CT molecular complexity index is 269. The van der Waals surface area contributed by atoms with Gasteiger partial charge >= 0.3 is 0 Å². The van der Waals surface area contributed by atoms with E-state index in [4.69, 9.17) is 5.73 Å². The van der Waals surface area contributed by atoms with Crippen molar-refractivity contribution >= 4 is 17.4 Å². The van der Waals surface area contributed by atoms with Crippen LogP contribution in [0.2, 0.25) is 0 Å². The average Bonchev–Trinajstić information content (AvgIpc) is 2.05. The molecule has 0 unspecified atom stereocenters. The van der Waals surface area contributed by atoms with Crippen molar-refractivity contribution in [3.63, 3.8) is 0 Å². The first-order valence-electron chi connectivity index (χ1n) is 4.39. The van der Waals surface area contributed by atoms with Gasteiger partial charge in [-0.05, 0) is 31.1 Å². The van der Waals surface area contributed by atoms with E-state index in [0.717, 1.165) is 35.5 Å². The standard InChI is InChI=1S/C9H13N3S/c10-8-1-2-9(12-5-8)13-6-7-3-11-4-7/h1-2,5,7,11H,3-4,6,10H2. The summed E-state index contributed by atoms with van der Waals surface area (Å²) in [5, 5.41) is 4.32. The number of hydrogen-bond donors (Lipinski definition) is 2. The lowest BCUT2D eigenvalue weighted by Crippen LogP contribution is -2.43. The van der Waals surface area contributed by atoms with Gasteiger partial charge in [0.25, 0.3) is 0 Å². The van der Waals surface area contributed by atoms with Crippen LogP contribution in [0.15, 0.2) is 23.4 Å². The van der Waals surface area contributed by atoms with Crippen LogP contribution < -0.4 is 11.1 Å². The summed E-state index contributed by atoms with van der Waals surface area (Å²) in [6, 6.07) is 3.88. The summed E-state index contributed by atoms with van der Waals surface area (Å²) in [5.41, 5.74) is 6.27. The quantitative estimate of drug-likeness (QED) is 0.706. The molecule has 13 heavy (non-hydrogen) atoms. The number of aromatic nitrogens is 1. The number of nitrogens with two attached hydrogens (primary N) is 1. The molecule has 0 aliphatic carbocycles. The summed E-state index contributed by atoms with van der Waals surface area (Å²) in [6.45, 7) is 2.31. The number of nitrogen functional groups attached to an aromatic ring is 1. The lowest BCUT2D eigenvalue weighted by Gasteiger charge is -2.26. The number of hydrogen-bond acceptors (Lipinski definition) is 4. The van der Waals surface area contributed by atoms with Gasteiger partial charge < -0.3 is 11.1 Å². The van der Waals surface area contributed by atoms with Crippen LogP contribution in [0.3, 0.4) is 0 Å². The normalized spacial score (nSPS) is 16.9. The largest absolute Gasteiger partial charge is 0.397 e. The predicted octanol–water partition coefficient (Wildman–Crippen LogP) is 0.975. The lowest BCUT2D eigenvalue weighted by molar-refractivity contribution is 0.385. The minimum atomic E-state index is 0.731. The molecule has 2 heterocycles. The van der Waals surface area contributed by atoms with Crippen LogP contribution in [-0.4, -0.2) is 23.8 Å². The smallest absolute Gasteiger partial charge is 0.0961 e. The van der Waals surface area contributed by atoms with Gasteiger partial charge in [-0.3, -0.25) is 0 Å². The van der Waals surface area contributed by atoms with Gasteiger partial charge in [0.05, 0.1) is 16.9 Å². The first-order valence-corrected chi connectivity index (χ1v) is 5.38. The third kappa shape index (κ3) is 2.35. The molecule has 1 saturated heterocycles. The molecule has 3 nitrogen and oxygen atoms in total. The van der Waals surface area contributed by atoms with E-state index in [1.165, 1.54) is 0 Å². The Balaban J connectivity index is 1.83. The van der Waals surface area contributed by atoms with Gasteiger partial charge in [-0.1, -0.05) is 0 Å². The zero-order valence-electron chi connectivity index (χ0n) is 7.36. The van der Waals surface area contributed by atoms with Crippen molar-refractivity contribution < 1.29 is 0 Å². The molecule has 0 amide bonds. The summed E-state index contributed by atoms with van der Waals surface area (Å²) in [5.74, 6) is 1.98. The summed E-state index contributed by atoms with van der Waals surface area (Å²) < 4.78 is 0. The first kappa shape index (κ1) is 8.84. The Morgan fingerprint density at radius 3 is 2.92 bits per heavy atom. The molecule has 4 heteroatoms. The van der Waals surface area contributed by atoms with Crippen molar-refractivity contribution in [1.82, 2.24) is 10.3 Å². The second-order valence-electron chi connectivity index (χ2n) is 3.27. The van der Waals surface area contributed by atoms with Crippen molar-refractivity contribution in [2.24, 2.45) is 5.92 Å². The fourth-order valence-corrected chi connectivity index (χ4v) is 2.08. The van der Waals surface area contributed by atoms with E-state index in [9.17, 15) is 0 Å². The van der Waals surface area contributed by atoms with E-state index in [1.54, 1.807) is 18.0 Å². The van der Waals surface area contributed by atoms with Crippen LogP contribution in [0.4, 0.5) is 5.69 Å². The van der Waals surface area contributed by atoms with E-state index in [-0.39, 0.29) is 0 Å². The second-order valence-corrected chi connectivity index (χ2v) is 4.31. The maximum absolute atomic E-state index is 5.54. The van der Waals surface area contributed by atoms with Gasteiger partial charge in [-0.15, -0.1) is 11.8 Å². The molecule has 0 saturated carbocycles. The fourth-order valence-electron chi connectivity index (χ4n) is 1.15. The highest BCUT2D eigenvalue weighted by Crippen LogP contribution is 2.20. The van der Waals surface area contributed by atoms with Crippen LogP contribution in [0.25, 0.3) is 0 Å². The van der Waals surface area contributed by atoms with E-state index in [0.29, 0.717) is 0 Å². The number of rotatable bonds is 3. The number of pyridine rings is 1. The SMILES string of the molecule is Nc1ccc(SCC2CNC2)nc1. The highest BCUT2D eigenvalue weighted by molar-refractivity contribution is 7.99. The van der Waals surface area contributed by atoms with Crippen LogP contribution in [0.1, 0.15) is 0 Å². The Hall–Kier alpha value is -0.740. The van der Waals surface area contributed by atoms with Gasteiger partial charge in [0, 0.05) is 5.75 Å². The molecule has 0 radical (unpaired) electrons. The molecule has 0 spiro atoms. The van der Waals surface area contributed by atoms with Crippen LogP contribution in [-0.2, 0) is 0 Å². The summed E-state index contributed by atoms with van der Waals surface area (Å²) in [6.07, 6.45) is 1.71.